The second-order valence-electron chi connectivity index (χ2n) is 5.56. The van der Waals surface area contributed by atoms with E-state index in [1.54, 1.807) is 0 Å². The van der Waals surface area contributed by atoms with Crippen LogP contribution in [0.15, 0.2) is 6.07 Å². The zero-order chi connectivity index (χ0) is 15.4. The number of anilines is 2. The van der Waals surface area contributed by atoms with Crippen molar-refractivity contribution in [2.45, 2.75) is 46.1 Å². The summed E-state index contributed by atoms with van der Waals surface area (Å²) in [4.78, 5) is 23.3. The van der Waals surface area contributed by atoms with E-state index < -0.39 is 0 Å². The number of nitrogens with one attached hydrogen (secondary N) is 2. The number of carbonyl (C=O) groups excluding carboxylic acids is 1. The van der Waals surface area contributed by atoms with Crippen molar-refractivity contribution in [2.75, 3.05) is 29.9 Å². The van der Waals surface area contributed by atoms with Gasteiger partial charge in [-0.3, -0.25) is 4.79 Å². The Morgan fingerprint density at radius 3 is 2.81 bits per heavy atom. The van der Waals surface area contributed by atoms with Crippen molar-refractivity contribution in [3.05, 3.63) is 11.9 Å². The van der Waals surface area contributed by atoms with E-state index in [2.05, 4.69) is 39.3 Å². The van der Waals surface area contributed by atoms with Gasteiger partial charge in [-0.25, -0.2) is 9.97 Å². The number of hydrogen-bond acceptors (Lipinski definition) is 5. The largest absolute Gasteiger partial charge is 0.370 e. The van der Waals surface area contributed by atoms with Crippen LogP contribution >= 0.6 is 0 Å². The molecule has 0 saturated carbocycles. The van der Waals surface area contributed by atoms with Crippen LogP contribution in [0.4, 0.5) is 11.6 Å². The fourth-order valence-electron chi connectivity index (χ4n) is 2.52. The summed E-state index contributed by atoms with van der Waals surface area (Å²) in [5.74, 6) is 2.81. The zero-order valence-corrected chi connectivity index (χ0v) is 13.3. The second-order valence-corrected chi connectivity index (χ2v) is 5.56. The van der Waals surface area contributed by atoms with E-state index in [1.807, 2.05) is 19.9 Å². The molecule has 1 fully saturated rings. The van der Waals surface area contributed by atoms with E-state index in [1.165, 1.54) is 0 Å². The van der Waals surface area contributed by atoms with Gasteiger partial charge in [0.1, 0.15) is 23.5 Å². The predicted molar refractivity (Wildman–Crippen MR) is 84.7 cm³/mol. The van der Waals surface area contributed by atoms with Crippen molar-refractivity contribution in [3.63, 3.8) is 0 Å². The van der Waals surface area contributed by atoms with Crippen LogP contribution in [0, 0.1) is 0 Å². The number of hydrogen-bond donors (Lipinski definition) is 2. The lowest BCUT2D eigenvalue weighted by atomic mass is 10.1. The van der Waals surface area contributed by atoms with Crippen LogP contribution in [0.1, 0.15) is 45.9 Å². The van der Waals surface area contributed by atoms with Crippen LogP contribution in [-0.2, 0) is 4.79 Å². The third kappa shape index (κ3) is 3.43. The molecule has 6 nitrogen and oxygen atoms in total. The van der Waals surface area contributed by atoms with Gasteiger partial charge < -0.3 is 15.5 Å². The molecule has 116 valence electrons. The monoisotopic (exact) mass is 291 g/mol. The zero-order valence-electron chi connectivity index (χ0n) is 13.3. The highest BCUT2D eigenvalue weighted by atomic mass is 16.2. The Balaban J connectivity index is 2.38. The van der Waals surface area contributed by atoms with Crippen molar-refractivity contribution < 1.29 is 4.79 Å². The summed E-state index contributed by atoms with van der Waals surface area (Å²) < 4.78 is 0. The maximum Gasteiger partial charge on any atom is 0.242 e. The van der Waals surface area contributed by atoms with Crippen molar-refractivity contribution in [3.8, 4) is 0 Å². The van der Waals surface area contributed by atoms with Gasteiger partial charge in [-0.15, -0.1) is 0 Å². The van der Waals surface area contributed by atoms with Crippen molar-refractivity contribution in [1.82, 2.24) is 15.3 Å². The molecule has 0 aliphatic carbocycles. The summed E-state index contributed by atoms with van der Waals surface area (Å²) in [6.45, 7) is 10.5. The van der Waals surface area contributed by atoms with Gasteiger partial charge in [0.05, 0.1) is 0 Å². The Hall–Kier alpha value is -1.85. The summed E-state index contributed by atoms with van der Waals surface area (Å²) in [6, 6.07) is 1.79. The average Bonchev–Trinajstić information content (AvgIpc) is 2.47. The molecule has 1 amide bonds. The SMILES string of the molecule is CCNc1cc(N2CCNC(=O)C2CC)nc(C(C)C)n1. The molecule has 1 aliphatic rings. The maximum absolute atomic E-state index is 12.0. The lowest BCUT2D eigenvalue weighted by Gasteiger charge is -2.35. The highest BCUT2D eigenvalue weighted by Crippen LogP contribution is 2.23. The molecule has 1 unspecified atom stereocenters. The fourth-order valence-corrected chi connectivity index (χ4v) is 2.52. The number of carbonyl (C=O) groups is 1. The molecule has 21 heavy (non-hydrogen) atoms. The number of amides is 1. The van der Waals surface area contributed by atoms with Crippen LogP contribution in [0.25, 0.3) is 0 Å². The lowest BCUT2D eigenvalue weighted by Crippen LogP contribution is -2.55. The summed E-state index contributed by atoms with van der Waals surface area (Å²) >= 11 is 0. The molecular weight excluding hydrogens is 266 g/mol. The van der Waals surface area contributed by atoms with Crippen LogP contribution < -0.4 is 15.5 Å². The van der Waals surface area contributed by atoms with E-state index >= 15 is 0 Å². The van der Waals surface area contributed by atoms with Crippen molar-refractivity contribution >= 4 is 17.5 Å². The quantitative estimate of drug-likeness (QED) is 0.865. The highest BCUT2D eigenvalue weighted by Gasteiger charge is 2.29. The van der Waals surface area contributed by atoms with Crippen molar-refractivity contribution in [2.24, 2.45) is 0 Å². The Labute approximate surface area is 126 Å². The molecule has 1 atom stereocenters. The summed E-state index contributed by atoms with van der Waals surface area (Å²) in [7, 11) is 0. The van der Waals surface area contributed by atoms with Crippen LogP contribution in [-0.4, -0.2) is 41.6 Å². The maximum atomic E-state index is 12.0. The minimum atomic E-state index is -0.150. The van der Waals surface area contributed by atoms with Gasteiger partial charge in [0.15, 0.2) is 0 Å². The molecule has 1 aliphatic heterocycles. The molecule has 1 aromatic rings. The number of rotatable bonds is 5. The van der Waals surface area contributed by atoms with Gasteiger partial charge in [-0.05, 0) is 13.3 Å². The number of aromatic nitrogens is 2. The normalized spacial score (nSPS) is 18.8. The average molecular weight is 291 g/mol. The Morgan fingerprint density at radius 2 is 2.19 bits per heavy atom. The van der Waals surface area contributed by atoms with E-state index in [9.17, 15) is 4.79 Å². The molecule has 1 aromatic heterocycles. The first-order valence-electron chi connectivity index (χ1n) is 7.74. The molecule has 2 heterocycles. The van der Waals surface area contributed by atoms with Gasteiger partial charge in [0.25, 0.3) is 0 Å². The van der Waals surface area contributed by atoms with Gasteiger partial charge >= 0.3 is 0 Å². The van der Waals surface area contributed by atoms with Crippen LogP contribution in [0.5, 0.6) is 0 Å². The molecule has 1 saturated heterocycles. The van der Waals surface area contributed by atoms with Crippen molar-refractivity contribution in [1.29, 1.82) is 0 Å². The van der Waals surface area contributed by atoms with Crippen LogP contribution in [0.3, 0.4) is 0 Å². The molecule has 0 bridgehead atoms. The molecule has 0 spiro atoms. The Bertz CT molecular complexity index is 503. The van der Waals surface area contributed by atoms with E-state index in [0.29, 0.717) is 6.54 Å². The van der Waals surface area contributed by atoms with Gasteiger partial charge in [0.2, 0.25) is 5.91 Å². The Kier molecular flexibility index (Phi) is 4.98. The van der Waals surface area contributed by atoms with E-state index in [0.717, 1.165) is 37.0 Å². The van der Waals surface area contributed by atoms with Gasteiger partial charge in [-0.1, -0.05) is 20.8 Å². The number of piperazine rings is 1. The third-order valence-electron chi connectivity index (χ3n) is 3.62. The third-order valence-corrected chi connectivity index (χ3v) is 3.62. The number of nitrogens with zero attached hydrogens (tertiary/aromatic N) is 3. The topological polar surface area (TPSA) is 70.2 Å². The van der Waals surface area contributed by atoms with Gasteiger partial charge in [0, 0.05) is 31.6 Å². The van der Waals surface area contributed by atoms with E-state index in [4.69, 9.17) is 0 Å². The molecule has 0 aromatic carbocycles. The second kappa shape index (κ2) is 6.74. The van der Waals surface area contributed by atoms with Crippen LogP contribution in [0.2, 0.25) is 0 Å². The first-order valence-corrected chi connectivity index (χ1v) is 7.74. The van der Waals surface area contributed by atoms with E-state index in [-0.39, 0.29) is 17.9 Å². The summed E-state index contributed by atoms with van der Waals surface area (Å²) in [6.07, 6.45) is 0.767. The minimum Gasteiger partial charge on any atom is -0.370 e. The first kappa shape index (κ1) is 15.5. The molecule has 2 rings (SSSR count). The molecular formula is C15H25N5O. The Morgan fingerprint density at radius 1 is 1.43 bits per heavy atom. The predicted octanol–water partition coefficient (Wildman–Crippen LogP) is 1.75. The highest BCUT2D eigenvalue weighted by molar-refractivity contribution is 5.86. The summed E-state index contributed by atoms with van der Waals surface area (Å²) in [5.41, 5.74) is 0. The minimum absolute atomic E-state index is 0.0819. The standard InChI is InChI=1S/C15H25N5O/c1-5-11-15(21)17-7-8-20(11)13-9-12(16-6-2)18-14(19-13)10(3)4/h9-11H,5-8H2,1-4H3,(H,17,21)(H,16,18,19). The first-order chi connectivity index (χ1) is 10.1. The molecule has 2 N–H and O–H groups in total. The van der Waals surface area contributed by atoms with Gasteiger partial charge in [-0.2, -0.15) is 0 Å². The summed E-state index contributed by atoms with van der Waals surface area (Å²) in [5, 5.41) is 6.17. The lowest BCUT2D eigenvalue weighted by molar-refractivity contribution is -0.123. The molecule has 6 heteroatoms. The fraction of sp³-hybridized carbons (Fsp3) is 0.667. The molecule has 0 radical (unpaired) electrons. The smallest absolute Gasteiger partial charge is 0.242 e.